The largest absolute Gasteiger partial charge is 0.342 e. The molecule has 1 aromatic carbocycles. The fraction of sp³-hybridized carbons (Fsp3) is 0.619. The summed E-state index contributed by atoms with van der Waals surface area (Å²) in [5.74, 6) is 0.860. The van der Waals surface area contributed by atoms with Gasteiger partial charge in [0.15, 0.2) is 0 Å². The zero-order valence-electron chi connectivity index (χ0n) is 15.2. The first-order valence-corrected chi connectivity index (χ1v) is 9.80. The summed E-state index contributed by atoms with van der Waals surface area (Å²) in [6.45, 7) is 1.55. The highest BCUT2D eigenvalue weighted by Crippen LogP contribution is 2.30. The molecule has 2 amide bonds. The third-order valence-corrected chi connectivity index (χ3v) is 6.43. The normalized spacial score (nSPS) is 26.7. The van der Waals surface area contributed by atoms with Crippen molar-refractivity contribution in [3.05, 3.63) is 34.9 Å². The molecule has 25 heavy (non-hydrogen) atoms. The van der Waals surface area contributed by atoms with Crippen LogP contribution in [0.3, 0.4) is 0 Å². The minimum Gasteiger partial charge on any atom is -0.342 e. The van der Waals surface area contributed by atoms with Crippen molar-refractivity contribution < 1.29 is 9.59 Å². The molecule has 0 N–H and O–H groups in total. The minimum atomic E-state index is 0.171. The number of carbonyl (C=O) groups excluding carboxylic acids is 2. The molecule has 2 atom stereocenters. The molecule has 2 aliphatic heterocycles. The molecular weight excluding hydrogens is 312 g/mol. The van der Waals surface area contributed by atoms with Gasteiger partial charge >= 0.3 is 0 Å². The van der Waals surface area contributed by atoms with Crippen LogP contribution in [0.1, 0.15) is 60.0 Å². The van der Waals surface area contributed by atoms with Crippen molar-refractivity contribution in [2.24, 2.45) is 5.92 Å². The molecule has 0 unspecified atom stereocenters. The van der Waals surface area contributed by atoms with Gasteiger partial charge in [0, 0.05) is 38.2 Å². The zero-order valence-corrected chi connectivity index (χ0v) is 15.2. The summed E-state index contributed by atoms with van der Waals surface area (Å²) >= 11 is 0. The monoisotopic (exact) mass is 340 g/mol. The molecule has 0 spiro atoms. The Hall–Kier alpha value is -1.84. The first-order chi connectivity index (χ1) is 12.1. The van der Waals surface area contributed by atoms with Gasteiger partial charge in [-0.2, -0.15) is 0 Å². The van der Waals surface area contributed by atoms with E-state index in [0.29, 0.717) is 18.4 Å². The molecule has 0 bridgehead atoms. The second-order valence-electron chi connectivity index (χ2n) is 7.95. The number of carbonyl (C=O) groups is 2. The number of piperidine rings is 1. The molecule has 0 saturated carbocycles. The van der Waals surface area contributed by atoms with Crippen LogP contribution in [0.5, 0.6) is 0 Å². The fourth-order valence-electron chi connectivity index (χ4n) is 4.92. The number of rotatable bonds is 1. The number of aryl methyl sites for hydroxylation is 2. The Kier molecular flexibility index (Phi) is 4.53. The molecule has 0 radical (unpaired) electrons. The molecule has 2 fully saturated rings. The number of amides is 2. The van der Waals surface area contributed by atoms with E-state index in [2.05, 4.69) is 12.1 Å². The predicted octanol–water partition coefficient (Wildman–Crippen LogP) is 3.04. The van der Waals surface area contributed by atoms with Crippen LogP contribution in [-0.4, -0.2) is 47.8 Å². The van der Waals surface area contributed by atoms with Gasteiger partial charge in [0.05, 0.1) is 0 Å². The quantitative estimate of drug-likeness (QED) is 0.788. The average Bonchev–Trinajstić information content (AvgIpc) is 2.79. The highest BCUT2D eigenvalue weighted by molar-refractivity contribution is 5.94. The van der Waals surface area contributed by atoms with Gasteiger partial charge < -0.3 is 9.80 Å². The van der Waals surface area contributed by atoms with Crippen LogP contribution >= 0.6 is 0 Å². The van der Waals surface area contributed by atoms with Crippen molar-refractivity contribution in [3.63, 3.8) is 0 Å². The molecule has 0 aromatic heterocycles. The Bertz CT molecular complexity index is 684. The third-order valence-electron chi connectivity index (χ3n) is 6.43. The molecule has 1 aliphatic carbocycles. The summed E-state index contributed by atoms with van der Waals surface area (Å²) < 4.78 is 0. The highest BCUT2D eigenvalue weighted by Gasteiger charge is 2.37. The van der Waals surface area contributed by atoms with Crippen molar-refractivity contribution in [3.8, 4) is 0 Å². The number of hydrogen-bond donors (Lipinski definition) is 0. The summed E-state index contributed by atoms with van der Waals surface area (Å²) in [6.07, 6.45) is 8.32. The third kappa shape index (κ3) is 3.19. The molecule has 4 rings (SSSR count). The van der Waals surface area contributed by atoms with Crippen molar-refractivity contribution in [2.45, 2.75) is 57.4 Å². The lowest BCUT2D eigenvalue weighted by Crippen LogP contribution is -2.51. The average molecular weight is 340 g/mol. The molecule has 1 aromatic rings. The number of fused-ring (bicyclic) bond motifs is 2. The van der Waals surface area contributed by atoms with E-state index in [0.717, 1.165) is 50.8 Å². The van der Waals surface area contributed by atoms with Crippen molar-refractivity contribution in [2.75, 3.05) is 20.1 Å². The van der Waals surface area contributed by atoms with Crippen LogP contribution in [-0.2, 0) is 17.6 Å². The SMILES string of the molecule is CN1C(=O)CCC[C@H]2CN(C(=O)c3ccc4c(c3)CCCC4)CC[C@H]21. The van der Waals surface area contributed by atoms with Crippen molar-refractivity contribution in [1.29, 1.82) is 0 Å². The molecule has 2 heterocycles. The predicted molar refractivity (Wildman–Crippen MR) is 97.5 cm³/mol. The highest BCUT2D eigenvalue weighted by atomic mass is 16.2. The molecular formula is C21H28N2O2. The Morgan fingerprint density at radius 1 is 1.04 bits per heavy atom. The zero-order chi connectivity index (χ0) is 17.4. The number of likely N-dealkylation sites (tertiary alicyclic amines) is 2. The Morgan fingerprint density at radius 3 is 2.68 bits per heavy atom. The maximum atomic E-state index is 13.0. The lowest BCUT2D eigenvalue weighted by atomic mass is 9.87. The molecule has 4 heteroatoms. The summed E-state index contributed by atoms with van der Waals surface area (Å²) in [5, 5.41) is 0. The van der Waals surface area contributed by atoms with Crippen molar-refractivity contribution >= 4 is 11.8 Å². The second-order valence-corrected chi connectivity index (χ2v) is 7.95. The van der Waals surface area contributed by atoms with E-state index >= 15 is 0 Å². The summed E-state index contributed by atoms with van der Waals surface area (Å²) in [5.41, 5.74) is 3.63. The lowest BCUT2D eigenvalue weighted by molar-refractivity contribution is -0.132. The van der Waals surface area contributed by atoms with Gasteiger partial charge in [-0.25, -0.2) is 0 Å². The van der Waals surface area contributed by atoms with E-state index in [9.17, 15) is 9.59 Å². The van der Waals surface area contributed by atoms with E-state index in [4.69, 9.17) is 0 Å². The summed E-state index contributed by atoms with van der Waals surface area (Å²) in [7, 11) is 1.94. The van der Waals surface area contributed by atoms with E-state index in [1.807, 2.05) is 22.9 Å². The van der Waals surface area contributed by atoms with E-state index in [1.54, 1.807) is 0 Å². The van der Waals surface area contributed by atoms with Crippen LogP contribution in [0.15, 0.2) is 18.2 Å². The van der Waals surface area contributed by atoms with Gasteiger partial charge in [0.2, 0.25) is 5.91 Å². The van der Waals surface area contributed by atoms with Crippen molar-refractivity contribution in [1.82, 2.24) is 9.80 Å². The summed E-state index contributed by atoms with van der Waals surface area (Å²) in [6, 6.07) is 6.61. The number of benzene rings is 1. The lowest BCUT2D eigenvalue weighted by Gasteiger charge is -2.41. The van der Waals surface area contributed by atoms with Gasteiger partial charge in [-0.05, 0) is 74.1 Å². The fourth-order valence-corrected chi connectivity index (χ4v) is 4.92. The number of nitrogens with zero attached hydrogens (tertiary/aromatic N) is 2. The van der Waals surface area contributed by atoms with Gasteiger partial charge in [-0.3, -0.25) is 9.59 Å². The summed E-state index contributed by atoms with van der Waals surface area (Å²) in [4.78, 5) is 29.1. The van der Waals surface area contributed by atoms with Gasteiger partial charge in [-0.1, -0.05) is 6.07 Å². The van der Waals surface area contributed by atoms with E-state index in [-0.39, 0.29) is 11.8 Å². The number of hydrogen-bond acceptors (Lipinski definition) is 2. The van der Waals surface area contributed by atoms with Crippen LogP contribution in [0.4, 0.5) is 0 Å². The molecule has 2 saturated heterocycles. The Morgan fingerprint density at radius 2 is 1.84 bits per heavy atom. The molecule has 3 aliphatic rings. The van der Waals surface area contributed by atoms with Crippen LogP contribution < -0.4 is 0 Å². The van der Waals surface area contributed by atoms with Gasteiger partial charge in [0.1, 0.15) is 0 Å². The standard InChI is InChI=1S/C21H28N2O2/c1-22-19-11-12-23(14-18(19)7-4-8-20(22)24)21(25)17-10-9-15-5-2-3-6-16(15)13-17/h9-10,13,18-19H,2-8,11-12,14H2,1H3/t18-,19+/m0/s1. The molecule has 134 valence electrons. The van der Waals surface area contributed by atoms with E-state index < -0.39 is 0 Å². The van der Waals surface area contributed by atoms with Crippen LogP contribution in [0.25, 0.3) is 0 Å². The van der Waals surface area contributed by atoms with E-state index in [1.165, 1.54) is 24.0 Å². The first kappa shape index (κ1) is 16.6. The topological polar surface area (TPSA) is 40.6 Å². The van der Waals surface area contributed by atoms with Gasteiger partial charge in [-0.15, -0.1) is 0 Å². The minimum absolute atomic E-state index is 0.171. The molecule has 4 nitrogen and oxygen atoms in total. The Balaban J connectivity index is 1.49. The second kappa shape index (κ2) is 6.81. The Labute approximate surface area is 150 Å². The maximum Gasteiger partial charge on any atom is 0.253 e. The van der Waals surface area contributed by atoms with Crippen LogP contribution in [0.2, 0.25) is 0 Å². The van der Waals surface area contributed by atoms with Crippen LogP contribution in [0, 0.1) is 5.92 Å². The first-order valence-electron chi connectivity index (χ1n) is 9.80. The maximum absolute atomic E-state index is 13.0. The smallest absolute Gasteiger partial charge is 0.253 e. The van der Waals surface area contributed by atoms with Gasteiger partial charge in [0.25, 0.3) is 5.91 Å².